The standard InChI is InChI=1S/C19H27N3O/c1-4-6-13-21(14-7-5-2)19(23)18-15-16(3)22(20-18)17-11-9-8-10-12-17/h8-12,15H,4-7,13-14H2,1-3H3. The van der Waals surface area contributed by atoms with Gasteiger partial charge in [-0.25, -0.2) is 4.68 Å². The van der Waals surface area contributed by atoms with Gasteiger partial charge in [-0.3, -0.25) is 4.79 Å². The Morgan fingerprint density at radius 2 is 1.70 bits per heavy atom. The zero-order valence-corrected chi connectivity index (χ0v) is 14.5. The Morgan fingerprint density at radius 1 is 1.09 bits per heavy atom. The van der Waals surface area contributed by atoms with E-state index in [0.717, 1.165) is 50.2 Å². The fourth-order valence-corrected chi connectivity index (χ4v) is 2.58. The highest BCUT2D eigenvalue weighted by Crippen LogP contribution is 2.14. The van der Waals surface area contributed by atoms with E-state index in [2.05, 4.69) is 18.9 Å². The molecule has 1 aromatic heterocycles. The molecule has 1 aromatic carbocycles. The third kappa shape index (κ3) is 4.44. The van der Waals surface area contributed by atoms with Gasteiger partial charge in [-0.2, -0.15) is 5.10 Å². The Bertz CT molecular complexity index is 611. The topological polar surface area (TPSA) is 38.1 Å². The van der Waals surface area contributed by atoms with E-state index >= 15 is 0 Å². The van der Waals surface area contributed by atoms with Crippen molar-refractivity contribution >= 4 is 5.91 Å². The van der Waals surface area contributed by atoms with E-state index in [9.17, 15) is 4.79 Å². The smallest absolute Gasteiger partial charge is 0.274 e. The number of aromatic nitrogens is 2. The number of carbonyl (C=O) groups is 1. The van der Waals surface area contributed by atoms with Crippen LogP contribution in [-0.4, -0.2) is 33.7 Å². The van der Waals surface area contributed by atoms with Gasteiger partial charge in [-0.05, 0) is 38.0 Å². The second-order valence-corrected chi connectivity index (χ2v) is 5.92. The summed E-state index contributed by atoms with van der Waals surface area (Å²) >= 11 is 0. The molecule has 23 heavy (non-hydrogen) atoms. The average Bonchev–Trinajstić information content (AvgIpc) is 2.97. The highest BCUT2D eigenvalue weighted by Gasteiger charge is 2.19. The first-order chi connectivity index (χ1) is 11.2. The molecule has 4 nitrogen and oxygen atoms in total. The van der Waals surface area contributed by atoms with Crippen LogP contribution in [0.3, 0.4) is 0 Å². The molecule has 1 heterocycles. The number of rotatable bonds is 8. The van der Waals surface area contributed by atoms with Crippen LogP contribution in [0, 0.1) is 6.92 Å². The van der Waals surface area contributed by atoms with Gasteiger partial charge in [0.1, 0.15) is 0 Å². The summed E-state index contributed by atoms with van der Waals surface area (Å²) in [6, 6.07) is 11.8. The van der Waals surface area contributed by atoms with E-state index in [1.54, 1.807) is 0 Å². The van der Waals surface area contributed by atoms with Crippen molar-refractivity contribution in [3.05, 3.63) is 47.8 Å². The molecule has 124 valence electrons. The zero-order chi connectivity index (χ0) is 16.7. The Labute approximate surface area is 139 Å². The van der Waals surface area contributed by atoms with Crippen LogP contribution in [0.4, 0.5) is 0 Å². The first-order valence-electron chi connectivity index (χ1n) is 8.58. The molecule has 0 aliphatic carbocycles. The lowest BCUT2D eigenvalue weighted by Crippen LogP contribution is -2.33. The Morgan fingerprint density at radius 3 is 2.26 bits per heavy atom. The van der Waals surface area contributed by atoms with Gasteiger partial charge in [0, 0.05) is 18.8 Å². The molecule has 0 spiro atoms. The van der Waals surface area contributed by atoms with Crippen molar-refractivity contribution in [3.8, 4) is 5.69 Å². The van der Waals surface area contributed by atoms with Gasteiger partial charge in [0.05, 0.1) is 5.69 Å². The fourth-order valence-electron chi connectivity index (χ4n) is 2.58. The van der Waals surface area contributed by atoms with Gasteiger partial charge in [0.15, 0.2) is 5.69 Å². The highest BCUT2D eigenvalue weighted by molar-refractivity contribution is 5.92. The maximum Gasteiger partial charge on any atom is 0.274 e. The van der Waals surface area contributed by atoms with Gasteiger partial charge in [0.25, 0.3) is 5.91 Å². The quantitative estimate of drug-likeness (QED) is 0.731. The lowest BCUT2D eigenvalue weighted by molar-refractivity contribution is 0.0744. The maximum atomic E-state index is 12.8. The molecule has 0 atom stereocenters. The Hall–Kier alpha value is -2.10. The molecule has 0 radical (unpaired) electrons. The second-order valence-electron chi connectivity index (χ2n) is 5.92. The predicted octanol–water partition coefficient (Wildman–Crippen LogP) is 4.22. The molecular formula is C19H27N3O. The third-order valence-electron chi connectivity index (χ3n) is 3.96. The van der Waals surface area contributed by atoms with E-state index in [1.165, 1.54) is 0 Å². The lowest BCUT2D eigenvalue weighted by Gasteiger charge is -2.21. The van der Waals surface area contributed by atoms with Crippen molar-refractivity contribution in [1.82, 2.24) is 14.7 Å². The zero-order valence-electron chi connectivity index (χ0n) is 14.5. The third-order valence-corrected chi connectivity index (χ3v) is 3.96. The van der Waals surface area contributed by atoms with Gasteiger partial charge < -0.3 is 4.90 Å². The number of amides is 1. The van der Waals surface area contributed by atoms with Crippen LogP contribution in [0.1, 0.15) is 55.7 Å². The van der Waals surface area contributed by atoms with Crippen LogP contribution in [0.2, 0.25) is 0 Å². The SMILES string of the molecule is CCCCN(CCCC)C(=O)c1cc(C)n(-c2ccccc2)n1. The normalized spacial score (nSPS) is 10.7. The van der Waals surface area contributed by atoms with E-state index < -0.39 is 0 Å². The first kappa shape index (κ1) is 17.3. The van der Waals surface area contributed by atoms with Crippen LogP contribution in [0.5, 0.6) is 0 Å². The minimum absolute atomic E-state index is 0.0460. The monoisotopic (exact) mass is 313 g/mol. The highest BCUT2D eigenvalue weighted by atomic mass is 16.2. The van der Waals surface area contributed by atoms with Crippen LogP contribution in [-0.2, 0) is 0 Å². The number of nitrogens with zero attached hydrogens (tertiary/aromatic N) is 3. The summed E-state index contributed by atoms with van der Waals surface area (Å²) in [7, 11) is 0. The number of unbranched alkanes of at least 4 members (excludes halogenated alkanes) is 2. The summed E-state index contributed by atoms with van der Waals surface area (Å²) < 4.78 is 1.84. The molecular weight excluding hydrogens is 286 g/mol. The Balaban J connectivity index is 2.20. The number of para-hydroxylation sites is 1. The van der Waals surface area contributed by atoms with Crippen molar-refractivity contribution in [1.29, 1.82) is 0 Å². The minimum Gasteiger partial charge on any atom is -0.337 e. The molecule has 2 aromatic rings. The molecule has 2 rings (SSSR count). The summed E-state index contributed by atoms with van der Waals surface area (Å²) in [5.41, 5.74) is 2.50. The molecule has 1 amide bonds. The molecule has 0 bridgehead atoms. The van der Waals surface area contributed by atoms with E-state index in [0.29, 0.717) is 5.69 Å². The van der Waals surface area contributed by atoms with Crippen molar-refractivity contribution in [2.45, 2.75) is 46.5 Å². The minimum atomic E-state index is 0.0460. The molecule has 0 aliphatic heterocycles. The van der Waals surface area contributed by atoms with Gasteiger partial charge in [0.2, 0.25) is 0 Å². The molecule has 0 saturated carbocycles. The summed E-state index contributed by atoms with van der Waals surface area (Å²) in [5.74, 6) is 0.0460. The van der Waals surface area contributed by atoms with Crippen LogP contribution in [0.15, 0.2) is 36.4 Å². The summed E-state index contributed by atoms with van der Waals surface area (Å²) in [5, 5.41) is 4.54. The first-order valence-corrected chi connectivity index (χ1v) is 8.58. The number of aryl methyl sites for hydroxylation is 1. The van der Waals surface area contributed by atoms with Gasteiger partial charge in [-0.15, -0.1) is 0 Å². The summed E-state index contributed by atoms with van der Waals surface area (Å²) in [6.07, 6.45) is 4.25. The van der Waals surface area contributed by atoms with Crippen LogP contribution >= 0.6 is 0 Å². The van der Waals surface area contributed by atoms with Gasteiger partial charge >= 0.3 is 0 Å². The number of carbonyl (C=O) groups excluding carboxylic acids is 1. The van der Waals surface area contributed by atoms with Crippen molar-refractivity contribution in [2.75, 3.05) is 13.1 Å². The maximum absolute atomic E-state index is 12.8. The number of hydrogen-bond acceptors (Lipinski definition) is 2. The fraction of sp³-hybridized carbons (Fsp3) is 0.474. The van der Waals surface area contributed by atoms with E-state index in [-0.39, 0.29) is 5.91 Å². The summed E-state index contributed by atoms with van der Waals surface area (Å²) in [4.78, 5) is 14.8. The van der Waals surface area contributed by atoms with Crippen molar-refractivity contribution in [2.24, 2.45) is 0 Å². The van der Waals surface area contributed by atoms with E-state index in [4.69, 9.17) is 0 Å². The number of benzene rings is 1. The second kappa shape index (κ2) is 8.51. The molecule has 0 fully saturated rings. The van der Waals surface area contributed by atoms with Gasteiger partial charge in [-0.1, -0.05) is 44.9 Å². The largest absolute Gasteiger partial charge is 0.337 e. The van der Waals surface area contributed by atoms with E-state index in [1.807, 2.05) is 52.9 Å². The van der Waals surface area contributed by atoms with Crippen LogP contribution in [0.25, 0.3) is 5.69 Å². The van der Waals surface area contributed by atoms with Crippen molar-refractivity contribution < 1.29 is 4.79 Å². The molecule has 4 heteroatoms. The molecule has 0 aliphatic rings. The van der Waals surface area contributed by atoms with Crippen LogP contribution < -0.4 is 0 Å². The van der Waals surface area contributed by atoms with Crippen molar-refractivity contribution in [3.63, 3.8) is 0 Å². The average molecular weight is 313 g/mol. The number of hydrogen-bond donors (Lipinski definition) is 0. The Kier molecular flexibility index (Phi) is 6.39. The molecule has 0 saturated heterocycles. The summed E-state index contributed by atoms with van der Waals surface area (Å²) in [6.45, 7) is 7.91. The molecule has 0 unspecified atom stereocenters. The lowest BCUT2D eigenvalue weighted by atomic mass is 10.2. The molecule has 0 N–H and O–H groups in total. The predicted molar refractivity (Wildman–Crippen MR) is 94.0 cm³/mol.